The molecule has 10 heteroatoms. The molecule has 2 N–H and O–H groups in total. The van der Waals surface area contributed by atoms with E-state index in [4.69, 9.17) is 4.74 Å². The number of hydrogen-bond acceptors (Lipinski definition) is 5. The Labute approximate surface area is 272 Å². The fraction of sp³-hybridized carbons (Fsp3) is 0.378. The van der Waals surface area contributed by atoms with Crippen LogP contribution in [0, 0.1) is 23.0 Å². The Morgan fingerprint density at radius 1 is 0.979 bits per heavy atom. The van der Waals surface area contributed by atoms with Crippen molar-refractivity contribution in [3.63, 3.8) is 0 Å². The minimum Gasteiger partial charge on any atom is -0.444 e. The first-order valence-electron chi connectivity index (χ1n) is 15.8. The molecule has 3 heterocycles. The Bertz CT molecular complexity index is 1930. The molecule has 2 bridgehead atoms. The molecule has 0 aliphatic carbocycles. The molecule has 2 aliphatic rings. The number of benzene rings is 3. The Morgan fingerprint density at radius 3 is 2.43 bits per heavy atom. The molecule has 0 spiro atoms. The number of alkyl carbamates (subject to hydrolysis) is 1. The van der Waals surface area contributed by atoms with Gasteiger partial charge in [-0.25, -0.2) is 13.6 Å². The van der Waals surface area contributed by atoms with Crippen molar-refractivity contribution >= 4 is 22.9 Å². The van der Waals surface area contributed by atoms with Crippen LogP contribution < -0.4 is 5.32 Å². The average Bonchev–Trinajstić information content (AvgIpc) is 3.67. The van der Waals surface area contributed by atoms with E-state index < -0.39 is 28.9 Å². The molecular formula is C37H38F2N4O4. The number of aliphatic hydroxyl groups is 1. The maximum absolute atomic E-state index is 15.9. The normalized spacial score (nSPS) is 19.2. The van der Waals surface area contributed by atoms with E-state index in [0.717, 1.165) is 18.2 Å². The number of nitrogens with zero attached hydrogens (tertiary/aromatic N) is 3. The van der Waals surface area contributed by atoms with Gasteiger partial charge in [-0.05, 0) is 113 Å². The molecule has 6 rings (SSSR count). The number of ether oxygens (including phenoxy) is 1. The lowest BCUT2D eigenvalue weighted by molar-refractivity contribution is 0.0484. The summed E-state index contributed by atoms with van der Waals surface area (Å²) in [5, 5.41) is 23.3. The van der Waals surface area contributed by atoms with Crippen molar-refractivity contribution in [3.05, 3.63) is 83.6 Å². The minimum atomic E-state index is -1.00. The molecule has 3 aromatic carbocycles. The number of carbonyl (C=O) groups excluding carboxylic acids is 2. The number of halogens is 2. The molecule has 2 fully saturated rings. The summed E-state index contributed by atoms with van der Waals surface area (Å²) in [4.78, 5) is 28.4. The minimum absolute atomic E-state index is 0.0595. The molecule has 8 nitrogen and oxygen atoms in total. The molecule has 1 aromatic heterocycles. The first-order chi connectivity index (χ1) is 22.1. The quantitative estimate of drug-likeness (QED) is 0.233. The van der Waals surface area contributed by atoms with Crippen molar-refractivity contribution in [1.29, 1.82) is 5.26 Å². The zero-order chi connectivity index (χ0) is 33.8. The van der Waals surface area contributed by atoms with Gasteiger partial charge in [0.15, 0.2) is 0 Å². The molecule has 2 saturated heterocycles. The summed E-state index contributed by atoms with van der Waals surface area (Å²) in [7, 11) is 0. The van der Waals surface area contributed by atoms with E-state index in [2.05, 4.69) is 5.32 Å². The van der Waals surface area contributed by atoms with Gasteiger partial charge in [0.2, 0.25) is 0 Å². The summed E-state index contributed by atoms with van der Waals surface area (Å²) in [6, 6.07) is 15.4. The summed E-state index contributed by atoms with van der Waals surface area (Å²) < 4.78 is 38.1. The largest absolute Gasteiger partial charge is 0.444 e. The number of nitriles is 1. The molecule has 47 heavy (non-hydrogen) atoms. The Balaban J connectivity index is 1.38. The van der Waals surface area contributed by atoms with Gasteiger partial charge < -0.3 is 24.6 Å². The highest BCUT2D eigenvalue weighted by atomic mass is 19.1. The topological polar surface area (TPSA) is 108 Å². The van der Waals surface area contributed by atoms with Gasteiger partial charge in [-0.1, -0.05) is 12.1 Å². The molecule has 0 radical (unpaired) electrons. The van der Waals surface area contributed by atoms with Gasteiger partial charge in [0.25, 0.3) is 5.91 Å². The van der Waals surface area contributed by atoms with Crippen molar-refractivity contribution in [2.75, 3.05) is 0 Å². The van der Waals surface area contributed by atoms with E-state index in [1.54, 1.807) is 75.7 Å². The summed E-state index contributed by atoms with van der Waals surface area (Å²) >= 11 is 0. The lowest BCUT2D eigenvalue weighted by Crippen LogP contribution is -2.46. The van der Waals surface area contributed by atoms with Gasteiger partial charge in [-0.2, -0.15) is 5.26 Å². The van der Waals surface area contributed by atoms with Crippen LogP contribution in [-0.4, -0.2) is 55.9 Å². The molecule has 244 valence electrons. The van der Waals surface area contributed by atoms with Crippen molar-refractivity contribution in [1.82, 2.24) is 14.8 Å². The third-order valence-electron chi connectivity index (χ3n) is 8.85. The van der Waals surface area contributed by atoms with E-state index in [1.165, 1.54) is 18.2 Å². The van der Waals surface area contributed by atoms with Gasteiger partial charge >= 0.3 is 6.09 Å². The van der Waals surface area contributed by atoms with E-state index in [0.29, 0.717) is 34.2 Å². The van der Waals surface area contributed by atoms with Crippen LogP contribution in [0.25, 0.3) is 33.2 Å². The second-order valence-corrected chi connectivity index (χ2v) is 14.2. The molecule has 4 aromatic rings. The molecule has 0 unspecified atom stereocenters. The maximum atomic E-state index is 15.9. The summed E-state index contributed by atoms with van der Waals surface area (Å²) in [6.45, 7) is 9.02. The molecule has 3 atom stereocenters. The standard InChI is InChI=1S/C37H38F2N4O4/c1-36(2,3)47-35(45)41-31-17-25-9-11-32(31)43(25)34(44)23-8-10-26(27(15-23)21-6-7-24(19-40)29(38)16-21)28-14-22-12-13-42(20-37(4,5)46)33(22)18-30(28)39/h6-8,10,12-16,18,25,31-32,46H,9,11,17,20H2,1-5H3,(H,41,45)/t25-,31+,32+/m1/s1. The van der Waals surface area contributed by atoms with Gasteiger partial charge in [0, 0.05) is 28.8 Å². The highest BCUT2D eigenvalue weighted by Crippen LogP contribution is 2.41. The third-order valence-corrected chi connectivity index (χ3v) is 8.85. The van der Waals surface area contributed by atoms with Gasteiger partial charge in [0.1, 0.15) is 23.3 Å². The Morgan fingerprint density at radius 2 is 1.74 bits per heavy atom. The van der Waals surface area contributed by atoms with Crippen molar-refractivity contribution in [2.24, 2.45) is 0 Å². The van der Waals surface area contributed by atoms with Crippen LogP contribution in [0.5, 0.6) is 0 Å². The number of hydrogen-bond donors (Lipinski definition) is 2. The van der Waals surface area contributed by atoms with Crippen molar-refractivity contribution < 1.29 is 28.2 Å². The lowest BCUT2D eigenvalue weighted by Gasteiger charge is -2.27. The number of fused-ring (bicyclic) bond motifs is 3. The van der Waals surface area contributed by atoms with E-state index in [-0.39, 0.29) is 41.7 Å². The van der Waals surface area contributed by atoms with Crippen LogP contribution in [0.3, 0.4) is 0 Å². The maximum Gasteiger partial charge on any atom is 0.407 e. The fourth-order valence-corrected chi connectivity index (χ4v) is 6.97. The molecule has 2 amide bonds. The van der Waals surface area contributed by atoms with Crippen molar-refractivity contribution in [3.8, 4) is 28.3 Å². The number of amides is 2. The van der Waals surface area contributed by atoms with Crippen LogP contribution in [0.1, 0.15) is 69.8 Å². The van der Waals surface area contributed by atoms with Crippen LogP contribution >= 0.6 is 0 Å². The van der Waals surface area contributed by atoms with Crippen LogP contribution in [0.2, 0.25) is 0 Å². The highest BCUT2D eigenvalue weighted by molar-refractivity contribution is 5.99. The predicted molar refractivity (Wildman–Crippen MR) is 174 cm³/mol. The number of rotatable bonds is 6. The van der Waals surface area contributed by atoms with Gasteiger partial charge in [0.05, 0.1) is 35.3 Å². The van der Waals surface area contributed by atoms with Crippen LogP contribution in [-0.2, 0) is 11.3 Å². The van der Waals surface area contributed by atoms with E-state index >= 15 is 4.39 Å². The molecular weight excluding hydrogens is 602 g/mol. The zero-order valence-electron chi connectivity index (χ0n) is 27.1. The Kier molecular flexibility index (Phi) is 8.09. The third kappa shape index (κ3) is 6.45. The number of aromatic nitrogens is 1. The zero-order valence-corrected chi connectivity index (χ0v) is 27.1. The first kappa shape index (κ1) is 32.2. The Hall–Kier alpha value is -4.75. The predicted octanol–water partition coefficient (Wildman–Crippen LogP) is 7.17. The number of nitrogens with one attached hydrogen (secondary N) is 1. The van der Waals surface area contributed by atoms with E-state index in [9.17, 15) is 24.3 Å². The van der Waals surface area contributed by atoms with Crippen molar-refractivity contribution in [2.45, 2.75) is 89.8 Å². The fourth-order valence-electron chi connectivity index (χ4n) is 6.97. The summed E-state index contributed by atoms with van der Waals surface area (Å²) in [5.41, 5.74) is 0.727. The monoisotopic (exact) mass is 640 g/mol. The molecule has 0 saturated carbocycles. The smallest absolute Gasteiger partial charge is 0.407 e. The SMILES string of the molecule is CC(C)(O)Cn1ccc2cc(-c3ccc(C(=O)N4[C@@H]5CC[C@H]4[C@@H](NC(=O)OC(C)(C)C)C5)cc3-c3ccc(C#N)c(F)c3)c(F)cc21. The van der Waals surface area contributed by atoms with Crippen LogP contribution in [0.15, 0.2) is 60.8 Å². The van der Waals surface area contributed by atoms with Crippen LogP contribution in [0.4, 0.5) is 13.6 Å². The first-order valence-corrected chi connectivity index (χ1v) is 15.8. The summed E-state index contributed by atoms with van der Waals surface area (Å²) in [5.74, 6) is -1.47. The lowest BCUT2D eigenvalue weighted by atomic mass is 9.91. The van der Waals surface area contributed by atoms with Gasteiger partial charge in [-0.3, -0.25) is 4.79 Å². The molecule has 2 aliphatic heterocycles. The average molecular weight is 641 g/mol. The second kappa shape index (κ2) is 11.8. The van der Waals surface area contributed by atoms with Gasteiger partial charge in [-0.15, -0.1) is 0 Å². The highest BCUT2D eigenvalue weighted by Gasteiger charge is 2.49. The number of carbonyl (C=O) groups is 2. The summed E-state index contributed by atoms with van der Waals surface area (Å²) in [6.07, 6.45) is 3.43. The van der Waals surface area contributed by atoms with E-state index in [1.807, 2.05) is 17.0 Å². The second-order valence-electron chi connectivity index (χ2n) is 14.2.